The molecule has 0 bridgehead atoms. The summed E-state index contributed by atoms with van der Waals surface area (Å²) in [5.74, 6) is -0.296. The summed E-state index contributed by atoms with van der Waals surface area (Å²) in [7, 11) is 0. The van der Waals surface area contributed by atoms with Crippen LogP contribution in [-0.2, 0) is 6.42 Å². The Hall–Kier alpha value is -1.26. The molecule has 0 aliphatic carbocycles. The molecule has 2 rings (SSSR count). The Balaban J connectivity index is 2.13. The van der Waals surface area contributed by atoms with Crippen molar-refractivity contribution in [3.63, 3.8) is 0 Å². The summed E-state index contributed by atoms with van der Waals surface area (Å²) < 4.78 is 14.3. The Morgan fingerprint density at radius 3 is 2.72 bits per heavy atom. The van der Waals surface area contributed by atoms with E-state index in [4.69, 9.17) is 0 Å². The Kier molecular flexibility index (Phi) is 4.09. The van der Waals surface area contributed by atoms with Gasteiger partial charge >= 0.3 is 0 Å². The fourth-order valence-electron chi connectivity index (χ4n) is 1.66. The summed E-state index contributed by atoms with van der Waals surface area (Å²) in [5.41, 5.74) is 1.92. The number of aliphatic hydroxyl groups excluding tert-OH is 1. The Bertz CT molecular complexity index is 542. The number of pyridine rings is 1. The van der Waals surface area contributed by atoms with Crippen LogP contribution in [0.3, 0.4) is 0 Å². The van der Waals surface area contributed by atoms with Crippen molar-refractivity contribution in [2.45, 2.75) is 19.4 Å². The monoisotopic (exact) mass is 309 g/mol. The van der Waals surface area contributed by atoms with E-state index in [0.29, 0.717) is 17.5 Å². The third kappa shape index (κ3) is 3.15. The lowest BCUT2D eigenvalue weighted by molar-refractivity contribution is 0.176. The normalized spacial score (nSPS) is 12.4. The van der Waals surface area contributed by atoms with E-state index in [1.54, 1.807) is 25.3 Å². The van der Waals surface area contributed by atoms with E-state index in [-0.39, 0.29) is 5.82 Å². The largest absolute Gasteiger partial charge is 0.388 e. The molecule has 0 fully saturated rings. The Labute approximate surface area is 114 Å². The van der Waals surface area contributed by atoms with E-state index in [1.807, 2.05) is 12.1 Å². The van der Waals surface area contributed by atoms with E-state index in [0.717, 1.165) is 10.2 Å². The van der Waals surface area contributed by atoms with Crippen LogP contribution in [0.25, 0.3) is 0 Å². The second-order valence-corrected chi connectivity index (χ2v) is 5.11. The predicted octanol–water partition coefficient (Wildman–Crippen LogP) is 3.57. The Morgan fingerprint density at radius 2 is 2.11 bits per heavy atom. The minimum atomic E-state index is -0.742. The van der Waals surface area contributed by atoms with Crippen molar-refractivity contribution in [3.05, 3.63) is 63.6 Å². The number of aryl methyl sites for hydroxylation is 1. The highest BCUT2D eigenvalue weighted by Crippen LogP contribution is 2.20. The van der Waals surface area contributed by atoms with Gasteiger partial charge in [-0.05, 0) is 52.2 Å². The molecule has 1 heterocycles. The molecule has 1 N–H and O–H groups in total. The van der Waals surface area contributed by atoms with Gasteiger partial charge in [-0.25, -0.2) is 4.39 Å². The number of aromatic nitrogens is 1. The van der Waals surface area contributed by atoms with E-state index in [1.165, 1.54) is 6.07 Å². The molecule has 18 heavy (non-hydrogen) atoms. The highest BCUT2D eigenvalue weighted by Gasteiger charge is 2.11. The van der Waals surface area contributed by atoms with E-state index >= 15 is 0 Å². The van der Waals surface area contributed by atoms with Gasteiger partial charge < -0.3 is 5.11 Å². The highest BCUT2D eigenvalue weighted by atomic mass is 79.9. The summed E-state index contributed by atoms with van der Waals surface area (Å²) in [6, 6.07) is 8.48. The first-order valence-corrected chi connectivity index (χ1v) is 6.40. The fraction of sp³-hybridized carbons (Fsp3) is 0.214. The molecule has 0 saturated carbocycles. The summed E-state index contributed by atoms with van der Waals surface area (Å²) in [4.78, 5) is 4.18. The molecule has 0 saturated heterocycles. The van der Waals surface area contributed by atoms with Gasteiger partial charge in [0.1, 0.15) is 5.82 Å². The van der Waals surface area contributed by atoms with Gasteiger partial charge in [0.15, 0.2) is 0 Å². The number of hydrogen-bond acceptors (Lipinski definition) is 2. The first kappa shape index (κ1) is 13.2. The number of rotatable bonds is 3. The van der Waals surface area contributed by atoms with Gasteiger partial charge in [0.05, 0.1) is 6.10 Å². The summed E-state index contributed by atoms with van der Waals surface area (Å²) in [5, 5.41) is 10.0. The maximum Gasteiger partial charge on any atom is 0.126 e. The molecule has 1 aromatic carbocycles. The van der Waals surface area contributed by atoms with Crippen LogP contribution in [0.15, 0.2) is 41.0 Å². The standard InChI is InChI=1S/C14H13BrFNO/c1-9-2-3-10(6-13(9)16)14(18)7-12-5-4-11(15)8-17-12/h2-6,8,14,18H,7H2,1H3. The van der Waals surface area contributed by atoms with Crippen LogP contribution in [0, 0.1) is 12.7 Å². The smallest absolute Gasteiger partial charge is 0.126 e. The zero-order chi connectivity index (χ0) is 13.1. The minimum absolute atomic E-state index is 0.296. The molecule has 0 radical (unpaired) electrons. The van der Waals surface area contributed by atoms with Crippen molar-refractivity contribution in [1.82, 2.24) is 4.98 Å². The summed E-state index contributed by atoms with van der Waals surface area (Å²) >= 11 is 3.30. The van der Waals surface area contributed by atoms with E-state index < -0.39 is 6.10 Å². The zero-order valence-corrected chi connectivity index (χ0v) is 11.5. The number of aliphatic hydroxyl groups is 1. The van der Waals surface area contributed by atoms with Crippen molar-refractivity contribution < 1.29 is 9.50 Å². The van der Waals surface area contributed by atoms with Gasteiger partial charge in [0, 0.05) is 22.8 Å². The van der Waals surface area contributed by atoms with Gasteiger partial charge in [-0.3, -0.25) is 4.98 Å². The summed E-state index contributed by atoms with van der Waals surface area (Å²) in [6.07, 6.45) is 1.31. The van der Waals surface area contributed by atoms with E-state index in [9.17, 15) is 9.50 Å². The minimum Gasteiger partial charge on any atom is -0.388 e. The highest BCUT2D eigenvalue weighted by molar-refractivity contribution is 9.10. The lowest BCUT2D eigenvalue weighted by Crippen LogP contribution is -2.04. The molecule has 0 aliphatic heterocycles. The summed E-state index contributed by atoms with van der Waals surface area (Å²) in [6.45, 7) is 1.70. The van der Waals surface area contributed by atoms with Gasteiger partial charge in [0.2, 0.25) is 0 Å². The van der Waals surface area contributed by atoms with Gasteiger partial charge in [-0.1, -0.05) is 12.1 Å². The molecule has 94 valence electrons. The quantitative estimate of drug-likeness (QED) is 0.940. The number of benzene rings is 1. The Morgan fingerprint density at radius 1 is 1.33 bits per heavy atom. The van der Waals surface area contributed by atoms with Crippen LogP contribution in [-0.4, -0.2) is 10.1 Å². The van der Waals surface area contributed by atoms with E-state index in [2.05, 4.69) is 20.9 Å². The second kappa shape index (κ2) is 5.59. The molecular formula is C14H13BrFNO. The van der Waals surface area contributed by atoms with Crippen molar-refractivity contribution in [1.29, 1.82) is 0 Å². The maximum absolute atomic E-state index is 13.4. The number of nitrogens with zero attached hydrogens (tertiary/aromatic N) is 1. The van der Waals surface area contributed by atoms with Crippen LogP contribution >= 0.6 is 15.9 Å². The molecular weight excluding hydrogens is 297 g/mol. The maximum atomic E-state index is 13.4. The molecule has 2 nitrogen and oxygen atoms in total. The molecule has 1 atom stereocenters. The number of hydrogen-bond donors (Lipinski definition) is 1. The first-order valence-electron chi connectivity index (χ1n) is 5.61. The molecule has 1 aromatic heterocycles. The molecule has 0 spiro atoms. The fourth-order valence-corrected chi connectivity index (χ4v) is 1.89. The third-order valence-electron chi connectivity index (χ3n) is 2.77. The van der Waals surface area contributed by atoms with Crippen LogP contribution in [0.2, 0.25) is 0 Å². The van der Waals surface area contributed by atoms with Crippen LogP contribution < -0.4 is 0 Å². The van der Waals surface area contributed by atoms with Gasteiger partial charge in [0.25, 0.3) is 0 Å². The lowest BCUT2D eigenvalue weighted by atomic mass is 10.0. The molecule has 0 aliphatic rings. The predicted molar refractivity (Wildman–Crippen MR) is 71.7 cm³/mol. The van der Waals surface area contributed by atoms with Crippen LogP contribution in [0.4, 0.5) is 4.39 Å². The SMILES string of the molecule is Cc1ccc(C(O)Cc2ccc(Br)cn2)cc1F. The van der Waals surface area contributed by atoms with Crippen LogP contribution in [0.5, 0.6) is 0 Å². The molecule has 2 aromatic rings. The topological polar surface area (TPSA) is 33.1 Å². The van der Waals surface area contributed by atoms with Gasteiger partial charge in [-0.15, -0.1) is 0 Å². The molecule has 4 heteroatoms. The second-order valence-electron chi connectivity index (χ2n) is 4.20. The van der Waals surface area contributed by atoms with Crippen molar-refractivity contribution in [2.24, 2.45) is 0 Å². The lowest BCUT2D eigenvalue weighted by Gasteiger charge is -2.11. The van der Waals surface area contributed by atoms with Crippen molar-refractivity contribution in [3.8, 4) is 0 Å². The van der Waals surface area contributed by atoms with Crippen molar-refractivity contribution in [2.75, 3.05) is 0 Å². The molecule has 1 unspecified atom stereocenters. The van der Waals surface area contributed by atoms with Crippen LogP contribution in [0.1, 0.15) is 22.9 Å². The molecule has 0 amide bonds. The van der Waals surface area contributed by atoms with Crippen molar-refractivity contribution >= 4 is 15.9 Å². The first-order chi connectivity index (χ1) is 8.56. The third-order valence-corrected chi connectivity index (χ3v) is 3.24. The zero-order valence-electron chi connectivity index (χ0n) is 9.90. The average Bonchev–Trinajstić information content (AvgIpc) is 2.35. The average molecular weight is 310 g/mol. The number of halogens is 2. The van der Waals surface area contributed by atoms with Gasteiger partial charge in [-0.2, -0.15) is 0 Å².